The molecule has 110 valence electrons. The van der Waals surface area contributed by atoms with Crippen LogP contribution in [-0.4, -0.2) is 24.0 Å². The summed E-state index contributed by atoms with van der Waals surface area (Å²) in [5, 5.41) is 0. The van der Waals surface area contributed by atoms with Crippen LogP contribution in [0, 0.1) is 0 Å². The van der Waals surface area contributed by atoms with Crippen LogP contribution < -0.4 is 0 Å². The van der Waals surface area contributed by atoms with Crippen molar-refractivity contribution in [3.05, 3.63) is 34.3 Å². The van der Waals surface area contributed by atoms with Crippen LogP contribution in [0.15, 0.2) is 28.7 Å². The topological polar surface area (TPSA) is 3.24 Å². The van der Waals surface area contributed by atoms with Gasteiger partial charge in [0.25, 0.3) is 0 Å². The third-order valence-electron chi connectivity index (χ3n) is 5.21. The van der Waals surface area contributed by atoms with Gasteiger partial charge >= 0.3 is 0 Å². The molecule has 1 aliphatic carbocycles. The molecule has 2 heteroatoms. The lowest BCUT2D eigenvalue weighted by Gasteiger charge is -2.37. The molecule has 1 aromatic rings. The van der Waals surface area contributed by atoms with Crippen molar-refractivity contribution in [2.24, 2.45) is 0 Å². The maximum atomic E-state index is 3.53. The van der Waals surface area contributed by atoms with Gasteiger partial charge in [0.05, 0.1) is 0 Å². The van der Waals surface area contributed by atoms with Crippen molar-refractivity contribution in [3.63, 3.8) is 0 Å². The first-order chi connectivity index (χ1) is 9.83. The van der Waals surface area contributed by atoms with Gasteiger partial charge in [-0.2, -0.15) is 0 Å². The fourth-order valence-electron chi connectivity index (χ4n) is 3.96. The molecule has 0 amide bonds. The third-order valence-corrected chi connectivity index (χ3v) is 5.74. The Balaban J connectivity index is 1.54. The van der Waals surface area contributed by atoms with E-state index >= 15 is 0 Å². The Morgan fingerprint density at radius 3 is 2.00 bits per heavy atom. The molecule has 2 aliphatic rings. The highest BCUT2D eigenvalue weighted by Crippen LogP contribution is 2.32. The lowest BCUT2D eigenvalue weighted by molar-refractivity contribution is 0.139. The minimum Gasteiger partial charge on any atom is -0.300 e. The number of hydrogen-bond acceptors (Lipinski definition) is 1. The number of likely N-dealkylation sites (tertiary alicyclic amines) is 1. The monoisotopic (exact) mass is 335 g/mol. The lowest BCUT2D eigenvalue weighted by atomic mass is 9.88. The van der Waals surface area contributed by atoms with Gasteiger partial charge in [-0.3, -0.25) is 0 Å². The van der Waals surface area contributed by atoms with E-state index in [4.69, 9.17) is 0 Å². The van der Waals surface area contributed by atoms with E-state index < -0.39 is 0 Å². The number of halogens is 1. The van der Waals surface area contributed by atoms with Crippen molar-refractivity contribution >= 4 is 15.9 Å². The van der Waals surface area contributed by atoms with Crippen LogP contribution >= 0.6 is 15.9 Å². The van der Waals surface area contributed by atoms with E-state index in [0.717, 1.165) is 12.0 Å². The van der Waals surface area contributed by atoms with Gasteiger partial charge in [0.1, 0.15) is 0 Å². The molecule has 2 fully saturated rings. The zero-order valence-electron chi connectivity index (χ0n) is 12.4. The standard InChI is InChI=1S/C18H26BrN/c19-17-9-7-15(8-10-17)16-11-13-20(14-12-16)18-5-3-1-2-4-6-18/h7-10,16,18H,1-6,11-14H2. The van der Waals surface area contributed by atoms with E-state index in [9.17, 15) is 0 Å². The first-order valence-corrected chi connectivity index (χ1v) is 9.12. The second-order valence-electron chi connectivity index (χ2n) is 6.51. The van der Waals surface area contributed by atoms with E-state index in [-0.39, 0.29) is 0 Å². The van der Waals surface area contributed by atoms with Gasteiger partial charge in [0, 0.05) is 10.5 Å². The number of benzene rings is 1. The molecule has 0 bridgehead atoms. The lowest BCUT2D eigenvalue weighted by Crippen LogP contribution is -2.40. The van der Waals surface area contributed by atoms with E-state index in [2.05, 4.69) is 45.1 Å². The average Bonchev–Trinajstić information content (AvgIpc) is 2.77. The van der Waals surface area contributed by atoms with Crippen LogP contribution in [0.2, 0.25) is 0 Å². The Bertz CT molecular complexity index is 398. The van der Waals surface area contributed by atoms with Crippen molar-refractivity contribution in [1.29, 1.82) is 0 Å². The number of nitrogens with zero attached hydrogens (tertiary/aromatic N) is 1. The highest BCUT2D eigenvalue weighted by molar-refractivity contribution is 9.10. The van der Waals surface area contributed by atoms with Crippen molar-refractivity contribution in [1.82, 2.24) is 4.90 Å². The molecule has 1 aliphatic heterocycles. The van der Waals surface area contributed by atoms with E-state index in [1.165, 1.54) is 74.5 Å². The zero-order valence-corrected chi connectivity index (χ0v) is 13.9. The number of rotatable bonds is 2. The molecule has 1 aromatic carbocycles. The van der Waals surface area contributed by atoms with Gasteiger partial charge in [-0.15, -0.1) is 0 Å². The minimum absolute atomic E-state index is 0.783. The fraction of sp³-hybridized carbons (Fsp3) is 0.667. The summed E-state index contributed by atoms with van der Waals surface area (Å²) in [6, 6.07) is 9.87. The average molecular weight is 336 g/mol. The summed E-state index contributed by atoms with van der Waals surface area (Å²) in [5.41, 5.74) is 1.54. The molecular formula is C18H26BrN. The van der Waals surface area contributed by atoms with Crippen molar-refractivity contribution in [2.45, 2.75) is 63.3 Å². The summed E-state index contributed by atoms with van der Waals surface area (Å²) in [6.07, 6.45) is 11.4. The summed E-state index contributed by atoms with van der Waals surface area (Å²) in [6.45, 7) is 2.62. The Kier molecular flexibility index (Phi) is 5.17. The van der Waals surface area contributed by atoms with E-state index in [1.54, 1.807) is 0 Å². The van der Waals surface area contributed by atoms with E-state index in [0.29, 0.717) is 0 Å². The second-order valence-corrected chi connectivity index (χ2v) is 7.42. The van der Waals surface area contributed by atoms with Gasteiger partial charge < -0.3 is 4.90 Å². The normalized spacial score (nSPS) is 23.6. The highest BCUT2D eigenvalue weighted by atomic mass is 79.9. The van der Waals surface area contributed by atoms with E-state index in [1.807, 2.05) is 0 Å². The maximum absolute atomic E-state index is 3.53. The second kappa shape index (κ2) is 7.09. The van der Waals surface area contributed by atoms with Crippen molar-refractivity contribution in [2.75, 3.05) is 13.1 Å². The Morgan fingerprint density at radius 2 is 1.40 bits per heavy atom. The highest BCUT2D eigenvalue weighted by Gasteiger charge is 2.26. The molecule has 0 atom stereocenters. The molecule has 0 radical (unpaired) electrons. The molecule has 1 saturated carbocycles. The zero-order chi connectivity index (χ0) is 13.8. The maximum Gasteiger partial charge on any atom is 0.0175 e. The fourth-order valence-corrected chi connectivity index (χ4v) is 4.22. The van der Waals surface area contributed by atoms with Gasteiger partial charge in [0.15, 0.2) is 0 Å². The molecule has 0 aromatic heterocycles. The quantitative estimate of drug-likeness (QED) is 0.658. The predicted molar refractivity (Wildman–Crippen MR) is 89.2 cm³/mol. The van der Waals surface area contributed by atoms with Crippen molar-refractivity contribution in [3.8, 4) is 0 Å². The van der Waals surface area contributed by atoms with Gasteiger partial charge in [0.2, 0.25) is 0 Å². The van der Waals surface area contributed by atoms with Crippen LogP contribution in [0.1, 0.15) is 62.8 Å². The van der Waals surface area contributed by atoms with Crippen LogP contribution in [0.25, 0.3) is 0 Å². The van der Waals surface area contributed by atoms with Gasteiger partial charge in [-0.1, -0.05) is 53.7 Å². The Morgan fingerprint density at radius 1 is 0.800 bits per heavy atom. The summed E-state index contributed by atoms with van der Waals surface area (Å²) in [7, 11) is 0. The van der Waals surface area contributed by atoms with Crippen LogP contribution in [0.3, 0.4) is 0 Å². The molecule has 20 heavy (non-hydrogen) atoms. The smallest absolute Gasteiger partial charge is 0.0175 e. The van der Waals surface area contributed by atoms with Crippen LogP contribution in [-0.2, 0) is 0 Å². The summed E-state index contributed by atoms with van der Waals surface area (Å²) in [4.78, 5) is 2.79. The minimum atomic E-state index is 0.783. The summed E-state index contributed by atoms with van der Waals surface area (Å²) in [5.74, 6) is 0.783. The Hall–Kier alpha value is -0.340. The summed E-state index contributed by atoms with van der Waals surface area (Å²) >= 11 is 3.53. The summed E-state index contributed by atoms with van der Waals surface area (Å²) < 4.78 is 1.19. The largest absolute Gasteiger partial charge is 0.300 e. The Labute approximate surface area is 131 Å². The van der Waals surface area contributed by atoms with Gasteiger partial charge in [-0.05, 0) is 62.4 Å². The molecule has 0 spiro atoms. The van der Waals surface area contributed by atoms with Crippen LogP contribution in [0.5, 0.6) is 0 Å². The number of piperidine rings is 1. The predicted octanol–water partition coefficient (Wildman–Crippen LogP) is 5.35. The van der Waals surface area contributed by atoms with Crippen molar-refractivity contribution < 1.29 is 0 Å². The third kappa shape index (κ3) is 3.65. The SMILES string of the molecule is Brc1ccc(C2CCN(C3CCCCCC3)CC2)cc1. The number of hydrogen-bond donors (Lipinski definition) is 0. The molecule has 0 unspecified atom stereocenters. The first-order valence-electron chi connectivity index (χ1n) is 8.32. The molecule has 1 saturated heterocycles. The van der Waals surface area contributed by atoms with Crippen LogP contribution in [0.4, 0.5) is 0 Å². The molecular weight excluding hydrogens is 310 g/mol. The first kappa shape index (κ1) is 14.6. The van der Waals surface area contributed by atoms with Gasteiger partial charge in [-0.25, -0.2) is 0 Å². The molecule has 1 heterocycles. The molecule has 3 rings (SSSR count). The molecule has 0 N–H and O–H groups in total. The molecule has 1 nitrogen and oxygen atoms in total.